The van der Waals surface area contributed by atoms with Crippen molar-refractivity contribution < 1.29 is 0 Å². The lowest BCUT2D eigenvalue weighted by atomic mass is 10.1. The fourth-order valence-corrected chi connectivity index (χ4v) is 2.15. The summed E-state index contributed by atoms with van der Waals surface area (Å²) in [7, 11) is 0. The lowest BCUT2D eigenvalue weighted by Gasteiger charge is -2.05. The molecule has 0 aliphatic carbocycles. The number of hydrogen-bond acceptors (Lipinski definition) is 0. The van der Waals surface area contributed by atoms with Crippen molar-refractivity contribution in [3.05, 3.63) is 57.5 Å². The molecule has 0 aliphatic heterocycles. The van der Waals surface area contributed by atoms with Crippen LogP contribution in [0.2, 0.25) is 0 Å². The van der Waals surface area contributed by atoms with Crippen LogP contribution in [-0.2, 0) is 0 Å². The Labute approximate surface area is 100 Å². The van der Waals surface area contributed by atoms with E-state index in [-0.39, 0.29) is 0 Å². The van der Waals surface area contributed by atoms with E-state index in [2.05, 4.69) is 44.0 Å². The van der Waals surface area contributed by atoms with Crippen molar-refractivity contribution in [2.45, 2.75) is 0 Å². The molecule has 0 bridgehead atoms. The molecule has 0 saturated carbocycles. The first-order valence-electron chi connectivity index (χ1n) is 4.19. The maximum atomic E-state index is 3.56. The van der Waals surface area contributed by atoms with E-state index >= 15 is 0 Å². The Hall–Kier alpha value is -0.600. The minimum atomic E-state index is 1.07. The van der Waals surface area contributed by atoms with E-state index in [1.165, 1.54) is 11.1 Å². The van der Waals surface area contributed by atoms with Crippen molar-refractivity contribution >= 4 is 31.9 Å². The van der Waals surface area contributed by atoms with Gasteiger partial charge in [-0.1, -0.05) is 36.4 Å². The largest absolute Gasteiger partial charge is 0.0604 e. The first-order valence-corrected chi connectivity index (χ1v) is 5.78. The van der Waals surface area contributed by atoms with Crippen LogP contribution in [-0.4, -0.2) is 0 Å². The highest BCUT2D eigenvalue weighted by Gasteiger charge is 2.04. The van der Waals surface area contributed by atoms with Crippen LogP contribution < -0.4 is 0 Å². The molecule has 2 aromatic carbocycles. The van der Waals surface area contributed by atoms with Crippen LogP contribution in [0.1, 0.15) is 0 Å². The van der Waals surface area contributed by atoms with E-state index in [9.17, 15) is 0 Å². The topological polar surface area (TPSA) is 0 Å². The van der Waals surface area contributed by atoms with Gasteiger partial charge in [0.05, 0.1) is 0 Å². The summed E-state index contributed by atoms with van der Waals surface area (Å²) in [6.07, 6.45) is 0. The maximum absolute atomic E-state index is 3.56. The van der Waals surface area contributed by atoms with Crippen molar-refractivity contribution in [2.75, 3.05) is 0 Å². The summed E-state index contributed by atoms with van der Waals surface area (Å²) in [5.41, 5.74) is 2.38. The Bertz CT molecular complexity index is 435. The van der Waals surface area contributed by atoms with Gasteiger partial charge in [0.25, 0.3) is 0 Å². The highest BCUT2D eigenvalue weighted by molar-refractivity contribution is 9.13. The Kier molecular flexibility index (Phi) is 3.04. The van der Waals surface area contributed by atoms with Gasteiger partial charge in [0.2, 0.25) is 0 Å². The standard InChI is InChI=1S/C12H7Br2/c13-11-8-4-7-10(12(11)14)9-5-2-1-3-6-9/h2-8H. The van der Waals surface area contributed by atoms with Gasteiger partial charge in [-0.25, -0.2) is 0 Å². The van der Waals surface area contributed by atoms with Crippen LogP contribution in [0.3, 0.4) is 0 Å². The Morgan fingerprint density at radius 1 is 0.929 bits per heavy atom. The molecule has 0 saturated heterocycles. The SMILES string of the molecule is Brc1cccc(-c2cc[c]cc2)c1Br. The molecule has 0 unspecified atom stereocenters. The first-order chi connectivity index (χ1) is 6.79. The number of rotatable bonds is 1. The zero-order valence-electron chi connectivity index (χ0n) is 7.30. The summed E-state index contributed by atoms with van der Waals surface area (Å²) in [6, 6.07) is 17.1. The normalized spacial score (nSPS) is 10.1. The van der Waals surface area contributed by atoms with E-state index in [1.54, 1.807) is 0 Å². The number of hydrogen-bond donors (Lipinski definition) is 0. The molecule has 0 N–H and O–H groups in total. The van der Waals surface area contributed by atoms with Crippen molar-refractivity contribution in [1.82, 2.24) is 0 Å². The fraction of sp³-hybridized carbons (Fsp3) is 0. The van der Waals surface area contributed by atoms with Gasteiger partial charge in [-0.15, -0.1) is 0 Å². The van der Waals surface area contributed by atoms with Crippen molar-refractivity contribution in [1.29, 1.82) is 0 Å². The second-order valence-electron chi connectivity index (χ2n) is 2.89. The van der Waals surface area contributed by atoms with Gasteiger partial charge >= 0.3 is 0 Å². The van der Waals surface area contributed by atoms with E-state index in [1.807, 2.05) is 36.4 Å². The summed E-state index contributed by atoms with van der Waals surface area (Å²) < 4.78 is 2.16. The first kappa shape index (κ1) is 9.94. The third-order valence-electron chi connectivity index (χ3n) is 1.98. The van der Waals surface area contributed by atoms with Gasteiger partial charge in [-0.3, -0.25) is 0 Å². The van der Waals surface area contributed by atoms with Gasteiger partial charge in [0.15, 0.2) is 0 Å². The van der Waals surface area contributed by atoms with Crippen LogP contribution in [0.25, 0.3) is 11.1 Å². The van der Waals surface area contributed by atoms with Gasteiger partial charge in [0, 0.05) is 8.95 Å². The molecule has 2 heteroatoms. The van der Waals surface area contributed by atoms with Crippen LogP contribution >= 0.6 is 31.9 Å². The molecular formula is C12H7Br2. The summed E-state index contributed by atoms with van der Waals surface area (Å²) in [5, 5.41) is 0. The van der Waals surface area contributed by atoms with E-state index in [4.69, 9.17) is 0 Å². The molecule has 0 fully saturated rings. The van der Waals surface area contributed by atoms with Crippen LogP contribution in [0, 0.1) is 6.07 Å². The molecule has 0 atom stereocenters. The maximum Gasteiger partial charge on any atom is 0.0395 e. The lowest BCUT2D eigenvalue weighted by molar-refractivity contribution is 1.55. The van der Waals surface area contributed by atoms with Crippen LogP contribution in [0.5, 0.6) is 0 Å². The minimum Gasteiger partial charge on any atom is -0.0604 e. The molecule has 0 spiro atoms. The molecule has 0 aliphatic rings. The highest BCUT2D eigenvalue weighted by Crippen LogP contribution is 2.33. The molecule has 1 radical (unpaired) electrons. The Balaban J connectivity index is 2.58. The van der Waals surface area contributed by atoms with Crippen LogP contribution in [0.15, 0.2) is 51.4 Å². The van der Waals surface area contributed by atoms with E-state index in [0.29, 0.717) is 0 Å². The molecule has 69 valence electrons. The third-order valence-corrected chi connectivity index (χ3v) is 4.03. The average molecular weight is 311 g/mol. The zero-order chi connectivity index (χ0) is 9.97. The van der Waals surface area contributed by atoms with Crippen molar-refractivity contribution in [3.63, 3.8) is 0 Å². The average Bonchev–Trinajstić information content (AvgIpc) is 2.23. The third kappa shape index (κ3) is 1.91. The molecule has 0 heterocycles. The number of halogens is 2. The monoisotopic (exact) mass is 309 g/mol. The summed E-state index contributed by atoms with van der Waals surface area (Å²) in [5.74, 6) is 0. The quantitative estimate of drug-likeness (QED) is 0.717. The van der Waals surface area contributed by atoms with Gasteiger partial charge < -0.3 is 0 Å². The molecule has 2 rings (SSSR count). The van der Waals surface area contributed by atoms with E-state index in [0.717, 1.165) is 8.95 Å². The summed E-state index contributed by atoms with van der Waals surface area (Å²) in [6.45, 7) is 0. The van der Waals surface area contributed by atoms with Crippen LogP contribution in [0.4, 0.5) is 0 Å². The lowest BCUT2D eigenvalue weighted by Crippen LogP contribution is -1.79. The van der Waals surface area contributed by atoms with E-state index < -0.39 is 0 Å². The van der Waals surface area contributed by atoms with Crippen molar-refractivity contribution in [2.24, 2.45) is 0 Å². The molecule has 0 nitrogen and oxygen atoms in total. The Morgan fingerprint density at radius 3 is 2.36 bits per heavy atom. The molecule has 2 aromatic rings. The zero-order valence-corrected chi connectivity index (χ0v) is 10.5. The van der Waals surface area contributed by atoms with Gasteiger partial charge in [0.1, 0.15) is 0 Å². The molecular weight excluding hydrogens is 304 g/mol. The smallest absolute Gasteiger partial charge is 0.0395 e. The summed E-state index contributed by atoms with van der Waals surface area (Å²) >= 11 is 7.05. The highest BCUT2D eigenvalue weighted by atomic mass is 79.9. The minimum absolute atomic E-state index is 1.07. The van der Waals surface area contributed by atoms with Gasteiger partial charge in [-0.2, -0.15) is 0 Å². The van der Waals surface area contributed by atoms with Crippen molar-refractivity contribution in [3.8, 4) is 11.1 Å². The summed E-state index contributed by atoms with van der Waals surface area (Å²) in [4.78, 5) is 0. The second-order valence-corrected chi connectivity index (χ2v) is 4.54. The molecule has 14 heavy (non-hydrogen) atoms. The predicted molar refractivity (Wildman–Crippen MR) is 66.1 cm³/mol. The molecule has 0 aromatic heterocycles. The second kappa shape index (κ2) is 4.28. The molecule has 0 amide bonds. The fourth-order valence-electron chi connectivity index (χ4n) is 1.29. The Morgan fingerprint density at radius 2 is 1.64 bits per heavy atom. The van der Waals surface area contributed by atoms with Gasteiger partial charge in [-0.05, 0) is 55.1 Å². The number of benzene rings is 2. The predicted octanol–water partition coefficient (Wildman–Crippen LogP) is 4.68.